The van der Waals surface area contributed by atoms with E-state index in [2.05, 4.69) is 10.1 Å². The molecule has 0 saturated heterocycles. The molecule has 0 saturated carbocycles. The predicted molar refractivity (Wildman–Crippen MR) is 75.9 cm³/mol. The van der Waals surface area contributed by atoms with Gasteiger partial charge in [0, 0.05) is 13.0 Å². The van der Waals surface area contributed by atoms with E-state index in [0.29, 0.717) is 18.7 Å². The number of hydrogen-bond acceptors (Lipinski definition) is 4. The maximum absolute atomic E-state index is 11.7. The number of carbonyl (C=O) groups is 2. The SMILES string of the molecule is COC(=O)NCCCC(=O)Oc1c(C)cc(C)cc1C. The van der Waals surface area contributed by atoms with Crippen LogP contribution in [0.25, 0.3) is 0 Å². The first-order valence-corrected chi connectivity index (χ1v) is 6.54. The van der Waals surface area contributed by atoms with Crippen molar-refractivity contribution in [1.29, 1.82) is 0 Å². The van der Waals surface area contributed by atoms with Crippen LogP contribution in [0.15, 0.2) is 12.1 Å². The number of ether oxygens (including phenoxy) is 2. The normalized spacial score (nSPS) is 10.0. The molecule has 0 unspecified atom stereocenters. The summed E-state index contributed by atoms with van der Waals surface area (Å²) in [7, 11) is 1.30. The molecule has 0 atom stereocenters. The Hall–Kier alpha value is -2.04. The van der Waals surface area contributed by atoms with Crippen molar-refractivity contribution in [3.63, 3.8) is 0 Å². The van der Waals surface area contributed by atoms with Crippen LogP contribution in [0.3, 0.4) is 0 Å². The maximum atomic E-state index is 11.7. The fraction of sp³-hybridized carbons (Fsp3) is 0.467. The first-order chi connectivity index (χ1) is 9.43. The highest BCUT2D eigenvalue weighted by Crippen LogP contribution is 2.24. The maximum Gasteiger partial charge on any atom is 0.406 e. The molecule has 1 N–H and O–H groups in total. The van der Waals surface area contributed by atoms with Gasteiger partial charge in [-0.25, -0.2) is 4.79 Å². The van der Waals surface area contributed by atoms with Crippen molar-refractivity contribution in [2.75, 3.05) is 13.7 Å². The molecule has 0 aliphatic heterocycles. The van der Waals surface area contributed by atoms with E-state index in [9.17, 15) is 9.59 Å². The van der Waals surface area contributed by atoms with Gasteiger partial charge in [-0.2, -0.15) is 0 Å². The average molecular weight is 279 g/mol. The summed E-state index contributed by atoms with van der Waals surface area (Å²) in [5, 5.41) is 2.51. The molecule has 0 bridgehead atoms. The van der Waals surface area contributed by atoms with Gasteiger partial charge in [0.1, 0.15) is 5.75 Å². The summed E-state index contributed by atoms with van der Waals surface area (Å²) in [5.41, 5.74) is 3.04. The van der Waals surface area contributed by atoms with E-state index in [0.717, 1.165) is 16.7 Å². The van der Waals surface area contributed by atoms with Gasteiger partial charge in [-0.1, -0.05) is 17.7 Å². The fourth-order valence-electron chi connectivity index (χ4n) is 1.99. The van der Waals surface area contributed by atoms with Crippen LogP contribution >= 0.6 is 0 Å². The molecule has 110 valence electrons. The Morgan fingerprint density at radius 3 is 2.30 bits per heavy atom. The van der Waals surface area contributed by atoms with Crippen LogP contribution in [0.4, 0.5) is 4.79 Å². The molecule has 0 heterocycles. The third-order valence-electron chi connectivity index (χ3n) is 2.83. The van der Waals surface area contributed by atoms with Crippen molar-refractivity contribution in [2.45, 2.75) is 33.6 Å². The van der Waals surface area contributed by atoms with Crippen molar-refractivity contribution in [2.24, 2.45) is 0 Å². The first-order valence-electron chi connectivity index (χ1n) is 6.54. The quantitative estimate of drug-likeness (QED) is 0.511. The molecule has 0 aliphatic carbocycles. The number of aryl methyl sites for hydroxylation is 3. The van der Waals surface area contributed by atoms with Crippen molar-refractivity contribution in [1.82, 2.24) is 5.32 Å². The van der Waals surface area contributed by atoms with Crippen LogP contribution in [-0.4, -0.2) is 25.7 Å². The number of hydrogen-bond donors (Lipinski definition) is 1. The molecule has 0 fully saturated rings. The van der Waals surface area contributed by atoms with Gasteiger partial charge in [0.15, 0.2) is 0 Å². The van der Waals surface area contributed by atoms with E-state index in [1.165, 1.54) is 7.11 Å². The van der Waals surface area contributed by atoms with Crippen LogP contribution in [-0.2, 0) is 9.53 Å². The fourth-order valence-corrected chi connectivity index (χ4v) is 1.99. The zero-order chi connectivity index (χ0) is 15.1. The molecule has 0 spiro atoms. The van der Waals surface area contributed by atoms with E-state index in [1.54, 1.807) is 0 Å². The van der Waals surface area contributed by atoms with Crippen LogP contribution in [0.2, 0.25) is 0 Å². The summed E-state index contributed by atoms with van der Waals surface area (Å²) in [6.45, 7) is 6.22. The molecule has 0 aliphatic rings. The molecule has 20 heavy (non-hydrogen) atoms. The molecular weight excluding hydrogens is 258 g/mol. The largest absolute Gasteiger partial charge is 0.453 e. The molecule has 1 aromatic carbocycles. The van der Waals surface area contributed by atoms with Crippen molar-refractivity contribution in [3.05, 3.63) is 28.8 Å². The Morgan fingerprint density at radius 2 is 1.75 bits per heavy atom. The lowest BCUT2D eigenvalue weighted by Crippen LogP contribution is -2.24. The zero-order valence-corrected chi connectivity index (χ0v) is 12.4. The number of rotatable bonds is 5. The van der Waals surface area contributed by atoms with E-state index in [1.807, 2.05) is 32.9 Å². The highest BCUT2D eigenvalue weighted by atomic mass is 16.5. The van der Waals surface area contributed by atoms with Gasteiger partial charge < -0.3 is 14.8 Å². The zero-order valence-electron chi connectivity index (χ0n) is 12.4. The minimum atomic E-state index is -0.497. The van der Waals surface area contributed by atoms with E-state index < -0.39 is 6.09 Å². The minimum absolute atomic E-state index is 0.247. The van der Waals surface area contributed by atoms with Gasteiger partial charge in [0.05, 0.1) is 7.11 Å². The molecule has 5 nitrogen and oxygen atoms in total. The van der Waals surface area contributed by atoms with Gasteiger partial charge in [-0.15, -0.1) is 0 Å². The average Bonchev–Trinajstić information content (AvgIpc) is 2.38. The first kappa shape index (κ1) is 16.0. The van der Waals surface area contributed by atoms with Crippen LogP contribution in [0, 0.1) is 20.8 Å². The second kappa shape index (κ2) is 7.53. The van der Waals surface area contributed by atoms with Gasteiger partial charge in [0.2, 0.25) is 0 Å². The summed E-state index contributed by atoms with van der Waals surface area (Å²) in [4.78, 5) is 22.6. The Kier molecular flexibility index (Phi) is 6.03. The number of methoxy groups -OCH3 is 1. The van der Waals surface area contributed by atoms with Gasteiger partial charge >= 0.3 is 12.1 Å². The van der Waals surface area contributed by atoms with Crippen molar-refractivity contribution >= 4 is 12.1 Å². The molecular formula is C15H21NO4. The van der Waals surface area contributed by atoms with Crippen LogP contribution < -0.4 is 10.1 Å². The van der Waals surface area contributed by atoms with Gasteiger partial charge in [0.25, 0.3) is 0 Å². The highest BCUT2D eigenvalue weighted by molar-refractivity contribution is 5.73. The van der Waals surface area contributed by atoms with Crippen LogP contribution in [0.5, 0.6) is 5.75 Å². The molecule has 0 aromatic heterocycles. The van der Waals surface area contributed by atoms with Gasteiger partial charge in [-0.05, 0) is 38.3 Å². The number of carbonyl (C=O) groups excluding carboxylic acids is 2. The predicted octanol–water partition coefficient (Wildman–Crippen LogP) is 2.65. The number of nitrogens with one attached hydrogen (secondary N) is 1. The Balaban J connectivity index is 2.45. The minimum Gasteiger partial charge on any atom is -0.453 e. The lowest BCUT2D eigenvalue weighted by atomic mass is 10.1. The topological polar surface area (TPSA) is 64.6 Å². The Labute approximate surface area is 119 Å². The number of alkyl carbamates (subject to hydrolysis) is 1. The molecule has 1 rings (SSSR count). The number of benzene rings is 1. The smallest absolute Gasteiger partial charge is 0.406 e. The third-order valence-corrected chi connectivity index (χ3v) is 2.83. The molecule has 5 heteroatoms. The molecule has 1 amide bonds. The molecule has 0 radical (unpaired) electrons. The third kappa shape index (κ3) is 4.91. The summed E-state index contributed by atoms with van der Waals surface area (Å²) >= 11 is 0. The van der Waals surface area contributed by atoms with E-state index in [-0.39, 0.29) is 12.4 Å². The second-order valence-electron chi connectivity index (χ2n) is 4.72. The Bertz CT molecular complexity index is 474. The number of esters is 1. The van der Waals surface area contributed by atoms with Crippen molar-refractivity contribution in [3.8, 4) is 5.75 Å². The highest BCUT2D eigenvalue weighted by Gasteiger charge is 2.10. The standard InChI is InChI=1S/C15H21NO4/c1-10-8-11(2)14(12(3)9-10)20-13(17)6-5-7-16-15(18)19-4/h8-9H,5-7H2,1-4H3,(H,16,18). The lowest BCUT2D eigenvalue weighted by molar-refractivity contribution is -0.134. The molecule has 1 aromatic rings. The number of amides is 1. The van der Waals surface area contributed by atoms with E-state index >= 15 is 0 Å². The Morgan fingerprint density at radius 1 is 1.15 bits per heavy atom. The van der Waals surface area contributed by atoms with Crippen molar-refractivity contribution < 1.29 is 19.1 Å². The summed E-state index contributed by atoms with van der Waals surface area (Å²) < 4.78 is 9.81. The van der Waals surface area contributed by atoms with Gasteiger partial charge in [-0.3, -0.25) is 4.79 Å². The second-order valence-corrected chi connectivity index (χ2v) is 4.72. The van der Waals surface area contributed by atoms with E-state index in [4.69, 9.17) is 4.74 Å². The monoisotopic (exact) mass is 279 g/mol. The summed E-state index contributed by atoms with van der Waals surface area (Å²) in [6, 6.07) is 3.96. The summed E-state index contributed by atoms with van der Waals surface area (Å²) in [6.07, 6.45) is 0.262. The lowest BCUT2D eigenvalue weighted by Gasteiger charge is -2.11. The summed E-state index contributed by atoms with van der Waals surface area (Å²) in [5.74, 6) is 0.327. The van der Waals surface area contributed by atoms with Crippen LogP contribution in [0.1, 0.15) is 29.5 Å².